The van der Waals surface area contributed by atoms with Gasteiger partial charge in [-0.25, -0.2) is 5.09 Å². The highest BCUT2D eigenvalue weighted by Crippen LogP contribution is 2.48. The number of cyclic esters (lactones) is 1. The first-order valence-electron chi connectivity index (χ1n) is 17.9. The van der Waals surface area contributed by atoms with Crippen LogP contribution in [0.2, 0.25) is 0 Å². The minimum atomic E-state index is -3.62. The second-order valence-electron chi connectivity index (χ2n) is 14.0. The molecule has 270 valence electrons. The van der Waals surface area contributed by atoms with Gasteiger partial charge in [0.15, 0.2) is 0 Å². The van der Waals surface area contributed by atoms with Crippen molar-refractivity contribution in [1.29, 1.82) is 0 Å². The Morgan fingerprint density at radius 3 is 2.58 bits per heavy atom. The second-order valence-corrected chi connectivity index (χ2v) is 17.2. The van der Waals surface area contributed by atoms with Crippen LogP contribution < -0.4 is 14.9 Å². The number of esters is 1. The fraction of sp³-hybridized carbons (Fsp3) is 0.395. The van der Waals surface area contributed by atoms with E-state index in [1.165, 1.54) is 11.3 Å². The molecule has 6 heterocycles. The number of hydrogen-bond donors (Lipinski definition) is 2. The number of pyridine rings is 1. The van der Waals surface area contributed by atoms with Crippen LogP contribution in [0, 0.1) is 0 Å². The summed E-state index contributed by atoms with van der Waals surface area (Å²) in [5.74, 6) is -0.336. The minimum absolute atomic E-state index is 0.00264. The number of nitrogens with one attached hydrogen (secondary N) is 2. The second kappa shape index (κ2) is 14.4. The zero-order chi connectivity index (χ0) is 35.8. The lowest BCUT2D eigenvalue weighted by Gasteiger charge is -2.42. The molecule has 0 aliphatic carbocycles. The van der Waals surface area contributed by atoms with Crippen molar-refractivity contribution in [3.8, 4) is 5.75 Å². The van der Waals surface area contributed by atoms with E-state index >= 15 is 0 Å². The van der Waals surface area contributed by atoms with Crippen molar-refractivity contribution in [3.63, 3.8) is 0 Å². The van der Waals surface area contributed by atoms with Gasteiger partial charge in [0, 0.05) is 48.6 Å². The van der Waals surface area contributed by atoms with Crippen molar-refractivity contribution in [2.45, 2.75) is 74.8 Å². The molecule has 0 spiro atoms. The third-order valence-electron chi connectivity index (χ3n) is 10.5. The first-order valence-corrected chi connectivity index (χ1v) is 20.5. The number of rotatable bonds is 10. The van der Waals surface area contributed by atoms with Crippen LogP contribution in [0.1, 0.15) is 65.2 Å². The van der Waals surface area contributed by atoms with Gasteiger partial charge in [-0.15, -0.1) is 11.3 Å². The number of aromatic nitrogens is 1. The number of fused-ring (bicyclic) bond motifs is 2. The van der Waals surface area contributed by atoms with Crippen molar-refractivity contribution >= 4 is 52.6 Å². The molecular formula is C38H40N5O7PS. The van der Waals surface area contributed by atoms with E-state index in [1.54, 1.807) is 41.4 Å². The average molecular weight is 742 g/mol. The van der Waals surface area contributed by atoms with E-state index in [0.717, 1.165) is 34.9 Å². The highest BCUT2D eigenvalue weighted by atomic mass is 32.1. The van der Waals surface area contributed by atoms with Gasteiger partial charge in [0.2, 0.25) is 11.8 Å². The molecule has 2 N–H and O–H groups in total. The standard InChI is InChI=1S/C38H40N5O7PS/c44-35(40-30-10-4-7-28-12-13-32(43(28)36(30)45)37(46)42-21-27(22-42)25-6-5-16-39-20-25)34-19-26-18-24(11-14-33(26)52-34)23-51(48,41-31-15-17-49-38(31)47)50-29-8-2-1-3-9-29/h1-3,5-6,8-9,11,14,16,18-20,27-28,30-32H,4,7,10,12-13,15,17,21-23H2,(H,40,44)(H,41,48)/t28-,30?,31-,32-,51?/m0/s1. The highest BCUT2D eigenvalue weighted by Gasteiger charge is 2.47. The predicted molar refractivity (Wildman–Crippen MR) is 195 cm³/mol. The molecule has 3 amide bonds. The Labute approximate surface area is 305 Å². The van der Waals surface area contributed by atoms with Crippen LogP contribution in [0.15, 0.2) is 79.1 Å². The van der Waals surface area contributed by atoms with Crippen molar-refractivity contribution in [1.82, 2.24) is 25.2 Å². The summed E-state index contributed by atoms with van der Waals surface area (Å²) in [4.78, 5) is 61.8. The van der Waals surface area contributed by atoms with E-state index in [0.29, 0.717) is 48.5 Å². The van der Waals surface area contributed by atoms with Gasteiger partial charge in [-0.1, -0.05) is 30.3 Å². The van der Waals surface area contributed by atoms with E-state index in [-0.39, 0.29) is 42.5 Å². The number of nitrogens with zero attached hydrogens (tertiary/aromatic N) is 3. The zero-order valence-corrected chi connectivity index (χ0v) is 30.2. The summed E-state index contributed by atoms with van der Waals surface area (Å²) < 4.78 is 26.1. The molecule has 2 unspecified atom stereocenters. The lowest BCUT2D eigenvalue weighted by atomic mass is 9.92. The first kappa shape index (κ1) is 34.5. The van der Waals surface area contributed by atoms with Crippen LogP contribution in [0.3, 0.4) is 0 Å². The number of carbonyl (C=O) groups excluding carboxylic acids is 4. The Morgan fingerprint density at radius 1 is 0.962 bits per heavy atom. The van der Waals surface area contributed by atoms with Crippen molar-refractivity contribution in [3.05, 3.63) is 95.1 Å². The molecular weight excluding hydrogens is 701 g/mol. The van der Waals surface area contributed by atoms with Gasteiger partial charge >= 0.3 is 13.5 Å². The fourth-order valence-electron chi connectivity index (χ4n) is 7.81. The Kier molecular flexibility index (Phi) is 9.58. The third kappa shape index (κ3) is 7.09. The number of ether oxygens (including phenoxy) is 1. The third-order valence-corrected chi connectivity index (χ3v) is 13.6. The van der Waals surface area contributed by atoms with Crippen LogP contribution in [-0.2, 0) is 29.8 Å². The van der Waals surface area contributed by atoms with Crippen molar-refractivity contribution in [2.75, 3.05) is 19.7 Å². The summed E-state index contributed by atoms with van der Waals surface area (Å²) in [6.07, 6.45) is 7.49. The molecule has 12 nitrogen and oxygen atoms in total. The normalized spacial score (nSPS) is 24.5. The van der Waals surface area contributed by atoms with E-state index in [1.807, 2.05) is 47.5 Å². The molecule has 0 saturated carbocycles. The SMILES string of the molecule is O=C(NC1CCC[C@H]2CC[C@@H](C(=O)N3CC(c4cccnc4)C3)N2C1=O)c1cc2cc(CP(=O)(N[C@H]3CCOC3=O)Oc3ccccc3)ccc2s1. The summed E-state index contributed by atoms with van der Waals surface area (Å²) in [6.45, 7) is 1.49. The number of amides is 3. The maximum absolute atomic E-state index is 14.2. The lowest BCUT2D eigenvalue weighted by Crippen LogP contribution is -2.58. The Morgan fingerprint density at radius 2 is 1.81 bits per heavy atom. The van der Waals surface area contributed by atoms with Gasteiger partial charge in [-0.05, 0) is 85.0 Å². The van der Waals surface area contributed by atoms with Gasteiger partial charge in [0.25, 0.3) is 5.91 Å². The number of para-hydroxylation sites is 1. The minimum Gasteiger partial charge on any atom is -0.464 e. The zero-order valence-electron chi connectivity index (χ0n) is 28.5. The number of likely N-dealkylation sites (tertiary alicyclic amines) is 1. The number of hydrogen-bond acceptors (Lipinski definition) is 9. The molecule has 52 heavy (non-hydrogen) atoms. The van der Waals surface area contributed by atoms with Crippen LogP contribution in [-0.4, -0.2) is 82.3 Å². The Bertz CT molecular complexity index is 2040. The maximum atomic E-state index is 14.2. The van der Waals surface area contributed by atoms with E-state index in [9.17, 15) is 23.7 Å². The number of carbonyl (C=O) groups is 4. The molecule has 2 aromatic heterocycles. The van der Waals surface area contributed by atoms with Crippen molar-refractivity contribution in [2.24, 2.45) is 0 Å². The average Bonchev–Trinajstić information content (AvgIpc) is 3.83. The summed E-state index contributed by atoms with van der Waals surface area (Å²) in [6, 6.07) is 18.1. The van der Waals surface area contributed by atoms with Gasteiger partial charge in [-0.3, -0.25) is 28.7 Å². The Hall–Kier alpha value is -4.58. The predicted octanol–water partition coefficient (Wildman–Crippen LogP) is 5.24. The monoisotopic (exact) mass is 741 g/mol. The van der Waals surface area contributed by atoms with Gasteiger partial charge in [0.05, 0.1) is 17.6 Å². The van der Waals surface area contributed by atoms with E-state index in [4.69, 9.17) is 9.26 Å². The molecule has 0 radical (unpaired) electrons. The van der Waals surface area contributed by atoms with Crippen LogP contribution in [0.25, 0.3) is 10.1 Å². The van der Waals surface area contributed by atoms with E-state index < -0.39 is 31.6 Å². The summed E-state index contributed by atoms with van der Waals surface area (Å²) >= 11 is 1.31. The summed E-state index contributed by atoms with van der Waals surface area (Å²) in [7, 11) is -3.62. The Balaban J connectivity index is 0.942. The largest absolute Gasteiger partial charge is 0.464 e. The van der Waals surface area contributed by atoms with Crippen LogP contribution >= 0.6 is 18.9 Å². The quantitative estimate of drug-likeness (QED) is 0.165. The molecule has 14 heteroatoms. The van der Waals surface area contributed by atoms with Gasteiger partial charge in [-0.2, -0.15) is 0 Å². The highest BCUT2D eigenvalue weighted by molar-refractivity contribution is 7.56. The lowest BCUT2D eigenvalue weighted by molar-refractivity contribution is -0.148. The molecule has 8 rings (SSSR count). The topological polar surface area (TPSA) is 147 Å². The number of thiophene rings is 1. The van der Waals surface area contributed by atoms with E-state index in [2.05, 4.69) is 15.4 Å². The molecule has 4 saturated heterocycles. The fourth-order valence-corrected chi connectivity index (χ4v) is 10.8. The summed E-state index contributed by atoms with van der Waals surface area (Å²) in [5, 5.41) is 6.73. The van der Waals surface area contributed by atoms with Gasteiger partial charge in [0.1, 0.15) is 23.9 Å². The van der Waals surface area contributed by atoms with Crippen LogP contribution in [0.5, 0.6) is 5.75 Å². The molecule has 4 aliphatic rings. The van der Waals surface area contributed by atoms with Crippen molar-refractivity contribution < 1.29 is 33.0 Å². The number of benzene rings is 2. The summed E-state index contributed by atoms with van der Waals surface area (Å²) in [5.41, 5.74) is 1.82. The molecule has 4 aliphatic heterocycles. The first-order chi connectivity index (χ1) is 25.2. The van der Waals surface area contributed by atoms with Crippen LogP contribution in [0.4, 0.5) is 0 Å². The molecule has 5 atom stereocenters. The smallest absolute Gasteiger partial charge is 0.323 e. The maximum Gasteiger partial charge on any atom is 0.323 e. The van der Waals surface area contributed by atoms with Gasteiger partial charge < -0.3 is 24.4 Å². The molecule has 0 bridgehead atoms. The molecule has 4 aromatic rings. The molecule has 4 fully saturated rings. The molecule has 2 aromatic carbocycles.